The van der Waals surface area contributed by atoms with Gasteiger partial charge in [-0.25, -0.2) is 0 Å². The maximum Gasteiger partial charge on any atom is 0.0142 e. The van der Waals surface area contributed by atoms with Crippen LogP contribution in [-0.2, 0) is 0 Å². The van der Waals surface area contributed by atoms with Gasteiger partial charge in [0.2, 0.25) is 0 Å². The van der Waals surface area contributed by atoms with E-state index in [1.54, 1.807) is 5.30 Å². The van der Waals surface area contributed by atoms with Gasteiger partial charge in [-0.05, 0) is 24.8 Å². The minimum absolute atomic E-state index is 0.900. The van der Waals surface area contributed by atoms with Crippen LogP contribution in [0, 0.1) is 0 Å². The highest BCUT2D eigenvalue weighted by Gasteiger charge is 2.15. The number of aromatic amines is 1. The summed E-state index contributed by atoms with van der Waals surface area (Å²) in [5.41, 5.74) is 0. The SMILES string of the molecule is c1cc(C2CCCCC2)p[nH]1. The van der Waals surface area contributed by atoms with Gasteiger partial charge in [0.25, 0.3) is 0 Å². The summed E-state index contributed by atoms with van der Waals surface area (Å²) in [5, 5.41) is 1.62. The van der Waals surface area contributed by atoms with E-state index in [4.69, 9.17) is 0 Å². The van der Waals surface area contributed by atoms with Crippen LogP contribution in [-0.4, -0.2) is 4.75 Å². The Labute approximate surface area is 69.4 Å². The van der Waals surface area contributed by atoms with Gasteiger partial charge in [-0.3, -0.25) is 0 Å². The second kappa shape index (κ2) is 3.40. The van der Waals surface area contributed by atoms with Crippen molar-refractivity contribution >= 4 is 8.35 Å². The zero-order valence-electron chi connectivity index (χ0n) is 6.71. The Kier molecular flexibility index (Phi) is 2.28. The summed E-state index contributed by atoms with van der Waals surface area (Å²) in [4.78, 5) is 0. The Morgan fingerprint density at radius 3 is 2.73 bits per heavy atom. The van der Waals surface area contributed by atoms with E-state index in [0.29, 0.717) is 0 Å². The fourth-order valence-corrected chi connectivity index (χ4v) is 2.79. The molecule has 0 unspecified atom stereocenters. The highest BCUT2D eigenvalue weighted by Crippen LogP contribution is 2.35. The molecule has 0 atom stereocenters. The molecule has 1 heterocycles. The van der Waals surface area contributed by atoms with Crippen LogP contribution in [0.2, 0.25) is 0 Å². The number of rotatable bonds is 1. The molecule has 0 aliphatic heterocycles. The topological polar surface area (TPSA) is 15.8 Å². The van der Waals surface area contributed by atoms with Crippen LogP contribution in [0.25, 0.3) is 0 Å². The van der Waals surface area contributed by atoms with E-state index < -0.39 is 0 Å². The third-order valence-electron chi connectivity index (χ3n) is 2.55. The molecule has 1 aromatic heterocycles. The Morgan fingerprint density at radius 1 is 1.27 bits per heavy atom. The molecular weight excluding hydrogens is 153 g/mol. The van der Waals surface area contributed by atoms with Crippen molar-refractivity contribution in [1.29, 1.82) is 0 Å². The molecule has 1 aromatic rings. The van der Waals surface area contributed by atoms with Crippen molar-refractivity contribution in [2.24, 2.45) is 0 Å². The van der Waals surface area contributed by atoms with Crippen molar-refractivity contribution in [3.63, 3.8) is 0 Å². The lowest BCUT2D eigenvalue weighted by Crippen LogP contribution is -2.01. The Morgan fingerprint density at radius 2 is 2.09 bits per heavy atom. The molecule has 0 spiro atoms. The van der Waals surface area contributed by atoms with Gasteiger partial charge in [-0.15, -0.1) is 0 Å². The van der Waals surface area contributed by atoms with Gasteiger partial charge in [0.05, 0.1) is 0 Å². The minimum Gasteiger partial charge on any atom is -0.344 e. The zero-order chi connectivity index (χ0) is 7.52. The molecule has 1 aliphatic rings. The molecule has 60 valence electrons. The van der Waals surface area contributed by atoms with Crippen LogP contribution in [0.1, 0.15) is 43.3 Å². The Bertz CT molecular complexity index is 199. The van der Waals surface area contributed by atoms with Crippen LogP contribution in [0.15, 0.2) is 12.3 Å². The molecule has 1 nitrogen and oxygen atoms in total. The summed E-state index contributed by atoms with van der Waals surface area (Å²) in [6, 6.07) is 2.26. The predicted octanol–water partition coefficient (Wildman–Crippen LogP) is 3.64. The number of nitrogens with one attached hydrogen (secondary N) is 1. The lowest BCUT2D eigenvalue weighted by Gasteiger charge is -2.19. The van der Waals surface area contributed by atoms with Gasteiger partial charge in [0.1, 0.15) is 0 Å². The molecule has 0 aromatic carbocycles. The van der Waals surface area contributed by atoms with Gasteiger partial charge in [-0.1, -0.05) is 19.3 Å². The van der Waals surface area contributed by atoms with E-state index in [1.807, 2.05) is 0 Å². The molecule has 1 N–H and O–H groups in total. The molecule has 2 heteroatoms. The number of H-pyrrole nitrogens is 1. The Balaban J connectivity index is 2.04. The Hall–Kier alpha value is -0.290. The second-order valence-corrected chi connectivity index (χ2v) is 4.33. The van der Waals surface area contributed by atoms with Gasteiger partial charge < -0.3 is 4.75 Å². The third kappa shape index (κ3) is 1.65. The van der Waals surface area contributed by atoms with E-state index in [1.165, 1.54) is 40.5 Å². The molecule has 0 bridgehead atoms. The molecule has 0 saturated heterocycles. The summed E-state index contributed by atoms with van der Waals surface area (Å²) in [7, 11) is 1.35. The van der Waals surface area contributed by atoms with Crippen LogP contribution in [0.4, 0.5) is 0 Å². The normalized spacial score (nSPS) is 21.1. The monoisotopic (exact) mass is 167 g/mol. The molecule has 1 saturated carbocycles. The standard InChI is InChI=1S/C9H14NP/c1-2-4-8(5-3-1)9-6-7-10-11-9/h6-8,10H,1-5H2. The molecule has 2 rings (SSSR count). The second-order valence-electron chi connectivity index (χ2n) is 3.33. The first-order valence-electron chi connectivity index (χ1n) is 4.46. The van der Waals surface area contributed by atoms with E-state index in [-0.39, 0.29) is 0 Å². The zero-order valence-corrected chi connectivity index (χ0v) is 7.61. The summed E-state index contributed by atoms with van der Waals surface area (Å²) in [6.45, 7) is 0. The molecule has 11 heavy (non-hydrogen) atoms. The highest BCUT2D eigenvalue weighted by molar-refractivity contribution is 7.26. The highest BCUT2D eigenvalue weighted by atomic mass is 31.0. The van der Waals surface area contributed by atoms with Crippen LogP contribution >= 0.6 is 8.35 Å². The number of hydrogen-bond donors (Lipinski definition) is 1. The summed E-state index contributed by atoms with van der Waals surface area (Å²) >= 11 is 0. The van der Waals surface area contributed by atoms with Crippen molar-refractivity contribution in [3.05, 3.63) is 17.6 Å². The third-order valence-corrected chi connectivity index (χ3v) is 3.60. The average Bonchev–Trinajstić information content (AvgIpc) is 2.58. The first-order chi connectivity index (χ1) is 5.47. The van der Waals surface area contributed by atoms with Crippen molar-refractivity contribution in [2.45, 2.75) is 38.0 Å². The first-order valence-corrected chi connectivity index (χ1v) is 5.36. The lowest BCUT2D eigenvalue weighted by atomic mass is 9.88. The summed E-state index contributed by atoms with van der Waals surface area (Å²) in [5.74, 6) is 0.900. The largest absolute Gasteiger partial charge is 0.344 e. The maximum absolute atomic E-state index is 3.22. The van der Waals surface area contributed by atoms with Crippen molar-refractivity contribution in [1.82, 2.24) is 4.75 Å². The van der Waals surface area contributed by atoms with Crippen LogP contribution < -0.4 is 0 Å². The van der Waals surface area contributed by atoms with Gasteiger partial charge >= 0.3 is 0 Å². The summed E-state index contributed by atoms with van der Waals surface area (Å²) < 4.78 is 3.22. The van der Waals surface area contributed by atoms with Crippen molar-refractivity contribution in [3.8, 4) is 0 Å². The first kappa shape index (κ1) is 7.36. The predicted molar refractivity (Wildman–Crippen MR) is 49.1 cm³/mol. The maximum atomic E-state index is 3.22. The molecule has 0 amide bonds. The smallest absolute Gasteiger partial charge is 0.0142 e. The van der Waals surface area contributed by atoms with Crippen LogP contribution in [0.3, 0.4) is 0 Å². The molecule has 1 fully saturated rings. The molecule has 0 radical (unpaired) electrons. The average molecular weight is 167 g/mol. The fraction of sp³-hybridized carbons (Fsp3) is 0.667. The van der Waals surface area contributed by atoms with E-state index >= 15 is 0 Å². The number of aromatic nitrogens is 1. The van der Waals surface area contributed by atoms with Gasteiger partial charge in [0, 0.05) is 19.8 Å². The van der Waals surface area contributed by atoms with E-state index in [0.717, 1.165) is 5.92 Å². The summed E-state index contributed by atoms with van der Waals surface area (Å²) in [6.07, 6.45) is 9.26. The van der Waals surface area contributed by atoms with Gasteiger partial charge in [0.15, 0.2) is 0 Å². The molecular formula is C9H14NP. The van der Waals surface area contributed by atoms with Crippen LogP contribution in [0.5, 0.6) is 0 Å². The van der Waals surface area contributed by atoms with E-state index in [2.05, 4.69) is 17.0 Å². The van der Waals surface area contributed by atoms with Crippen molar-refractivity contribution in [2.75, 3.05) is 0 Å². The fourth-order valence-electron chi connectivity index (χ4n) is 1.90. The lowest BCUT2D eigenvalue weighted by molar-refractivity contribution is 0.448. The molecule has 1 aliphatic carbocycles. The quantitative estimate of drug-likeness (QED) is 0.657. The van der Waals surface area contributed by atoms with Crippen molar-refractivity contribution < 1.29 is 0 Å². The van der Waals surface area contributed by atoms with E-state index in [9.17, 15) is 0 Å². The number of hydrogen-bond acceptors (Lipinski definition) is 0. The minimum atomic E-state index is 0.900. The van der Waals surface area contributed by atoms with Gasteiger partial charge in [-0.2, -0.15) is 0 Å².